The molecular formula is C20H23NO3. The van der Waals surface area contributed by atoms with E-state index in [-0.39, 0.29) is 35.7 Å². The molecule has 4 atom stereocenters. The minimum absolute atomic E-state index is 0.0319. The van der Waals surface area contributed by atoms with Gasteiger partial charge in [-0.2, -0.15) is 0 Å². The number of benzene rings is 1. The summed E-state index contributed by atoms with van der Waals surface area (Å²) >= 11 is 0. The molecule has 0 radical (unpaired) electrons. The van der Waals surface area contributed by atoms with Crippen LogP contribution in [0.2, 0.25) is 0 Å². The lowest BCUT2D eigenvalue weighted by Gasteiger charge is -2.38. The van der Waals surface area contributed by atoms with E-state index >= 15 is 0 Å². The van der Waals surface area contributed by atoms with E-state index in [0.29, 0.717) is 6.61 Å². The van der Waals surface area contributed by atoms with E-state index in [0.717, 1.165) is 37.8 Å². The lowest BCUT2D eigenvalue weighted by molar-refractivity contribution is -0.155. The summed E-state index contributed by atoms with van der Waals surface area (Å²) in [5.41, 5.74) is 1.000. The Balaban J connectivity index is 1.49. The van der Waals surface area contributed by atoms with Crippen LogP contribution in [0.5, 0.6) is 0 Å². The molecule has 0 unspecified atom stereocenters. The quantitative estimate of drug-likeness (QED) is 0.634. The van der Waals surface area contributed by atoms with Crippen molar-refractivity contribution in [1.82, 2.24) is 4.90 Å². The molecule has 1 aliphatic carbocycles. The van der Waals surface area contributed by atoms with E-state index in [2.05, 4.69) is 12.2 Å². The molecule has 2 saturated heterocycles. The molecule has 24 heavy (non-hydrogen) atoms. The average molecular weight is 325 g/mol. The van der Waals surface area contributed by atoms with Crippen LogP contribution in [-0.4, -0.2) is 29.4 Å². The highest BCUT2D eigenvalue weighted by Gasteiger charge is 2.53. The van der Waals surface area contributed by atoms with Gasteiger partial charge in [0.2, 0.25) is 5.91 Å². The summed E-state index contributed by atoms with van der Waals surface area (Å²) in [7, 11) is 0. The third-order valence-corrected chi connectivity index (χ3v) is 5.73. The summed E-state index contributed by atoms with van der Waals surface area (Å²) in [4.78, 5) is 27.4. The number of piperidine rings is 1. The Hall–Kier alpha value is -2.10. The molecule has 0 N–H and O–H groups in total. The van der Waals surface area contributed by atoms with E-state index in [1.165, 1.54) is 0 Å². The Labute approximate surface area is 142 Å². The third-order valence-electron chi connectivity index (χ3n) is 5.73. The molecule has 4 nitrogen and oxygen atoms in total. The molecular weight excluding hydrogens is 302 g/mol. The standard InChI is InChI=1S/C20H23NO3/c22-19-16-10-5-4-9-15(16)18-17(11-6-12-21(18)19)20(23)24-13-14-7-2-1-3-8-14/h1-5,7-8,15-18H,6,9-13H2/t15-,16+,17+,18-/m0/s1. The number of rotatable bonds is 3. The molecule has 4 heteroatoms. The van der Waals surface area contributed by atoms with Gasteiger partial charge in [-0.1, -0.05) is 42.5 Å². The first-order valence-corrected chi connectivity index (χ1v) is 8.92. The number of hydrogen-bond acceptors (Lipinski definition) is 3. The predicted octanol–water partition coefficient (Wildman–Crippen LogP) is 2.93. The number of amides is 1. The molecule has 0 aromatic heterocycles. The lowest BCUT2D eigenvalue weighted by atomic mass is 9.75. The third kappa shape index (κ3) is 2.64. The average Bonchev–Trinajstić information content (AvgIpc) is 2.94. The number of ether oxygens (including phenoxy) is 1. The number of carbonyl (C=O) groups is 2. The van der Waals surface area contributed by atoms with Crippen LogP contribution in [0.3, 0.4) is 0 Å². The fraction of sp³-hybridized carbons (Fsp3) is 0.500. The minimum Gasteiger partial charge on any atom is -0.461 e. The Morgan fingerprint density at radius 2 is 1.96 bits per heavy atom. The largest absolute Gasteiger partial charge is 0.461 e. The monoisotopic (exact) mass is 325 g/mol. The zero-order chi connectivity index (χ0) is 16.5. The molecule has 1 amide bonds. The van der Waals surface area contributed by atoms with Gasteiger partial charge >= 0.3 is 5.97 Å². The molecule has 0 spiro atoms. The molecule has 2 heterocycles. The molecule has 0 saturated carbocycles. The highest BCUT2D eigenvalue weighted by atomic mass is 16.5. The van der Waals surface area contributed by atoms with Gasteiger partial charge < -0.3 is 9.64 Å². The van der Waals surface area contributed by atoms with Crippen LogP contribution in [-0.2, 0) is 20.9 Å². The normalized spacial score (nSPS) is 31.5. The number of esters is 1. The zero-order valence-corrected chi connectivity index (χ0v) is 13.8. The van der Waals surface area contributed by atoms with E-state index < -0.39 is 0 Å². The number of allylic oxidation sites excluding steroid dienone is 2. The van der Waals surface area contributed by atoms with Crippen molar-refractivity contribution < 1.29 is 14.3 Å². The van der Waals surface area contributed by atoms with E-state index in [1.54, 1.807) is 0 Å². The van der Waals surface area contributed by atoms with Gasteiger partial charge in [-0.05, 0) is 37.2 Å². The first kappa shape index (κ1) is 15.4. The number of fused-ring (bicyclic) bond motifs is 3. The smallest absolute Gasteiger partial charge is 0.311 e. The second kappa shape index (κ2) is 6.42. The molecule has 2 fully saturated rings. The van der Waals surface area contributed by atoms with Gasteiger partial charge in [0, 0.05) is 18.5 Å². The zero-order valence-electron chi connectivity index (χ0n) is 13.8. The number of nitrogens with zero attached hydrogens (tertiary/aromatic N) is 1. The number of carbonyl (C=O) groups excluding carboxylic acids is 2. The maximum Gasteiger partial charge on any atom is 0.311 e. The summed E-state index contributed by atoms with van der Waals surface area (Å²) in [6, 6.07) is 9.79. The summed E-state index contributed by atoms with van der Waals surface area (Å²) in [6.45, 7) is 1.10. The van der Waals surface area contributed by atoms with Crippen molar-refractivity contribution in [1.29, 1.82) is 0 Å². The van der Waals surface area contributed by atoms with E-state index in [4.69, 9.17) is 4.74 Å². The molecule has 1 aromatic carbocycles. The molecule has 126 valence electrons. The highest BCUT2D eigenvalue weighted by Crippen LogP contribution is 2.45. The van der Waals surface area contributed by atoms with Crippen LogP contribution >= 0.6 is 0 Å². The van der Waals surface area contributed by atoms with Crippen LogP contribution < -0.4 is 0 Å². The van der Waals surface area contributed by atoms with Gasteiger partial charge in [-0.3, -0.25) is 9.59 Å². The van der Waals surface area contributed by atoms with Crippen molar-refractivity contribution in [3.05, 3.63) is 48.0 Å². The summed E-state index contributed by atoms with van der Waals surface area (Å²) in [6.07, 6.45) is 7.72. The van der Waals surface area contributed by atoms with Gasteiger partial charge in [0.25, 0.3) is 0 Å². The van der Waals surface area contributed by atoms with Gasteiger partial charge in [0.1, 0.15) is 6.61 Å². The lowest BCUT2D eigenvalue weighted by Crippen LogP contribution is -2.48. The van der Waals surface area contributed by atoms with Gasteiger partial charge in [-0.25, -0.2) is 0 Å². The molecule has 0 bridgehead atoms. The van der Waals surface area contributed by atoms with Crippen molar-refractivity contribution in [2.24, 2.45) is 17.8 Å². The topological polar surface area (TPSA) is 46.6 Å². The van der Waals surface area contributed by atoms with Gasteiger partial charge in [-0.15, -0.1) is 0 Å². The summed E-state index contributed by atoms with van der Waals surface area (Å²) < 4.78 is 5.60. The Morgan fingerprint density at radius 1 is 1.17 bits per heavy atom. The van der Waals surface area contributed by atoms with Crippen LogP contribution in [0.25, 0.3) is 0 Å². The number of hydrogen-bond donors (Lipinski definition) is 0. The second-order valence-corrected chi connectivity index (χ2v) is 7.08. The van der Waals surface area contributed by atoms with E-state index in [1.807, 2.05) is 35.2 Å². The first-order valence-electron chi connectivity index (χ1n) is 8.92. The second-order valence-electron chi connectivity index (χ2n) is 7.08. The Morgan fingerprint density at radius 3 is 2.79 bits per heavy atom. The van der Waals surface area contributed by atoms with Crippen LogP contribution in [0, 0.1) is 17.8 Å². The maximum atomic E-state index is 12.7. The fourth-order valence-electron chi connectivity index (χ4n) is 4.61. The van der Waals surface area contributed by atoms with E-state index in [9.17, 15) is 9.59 Å². The summed E-state index contributed by atoms with van der Waals surface area (Å²) in [5.74, 6) is 0.277. The van der Waals surface area contributed by atoms with Gasteiger partial charge in [0.05, 0.1) is 5.92 Å². The molecule has 1 aromatic rings. The van der Waals surface area contributed by atoms with Crippen LogP contribution in [0.15, 0.2) is 42.5 Å². The predicted molar refractivity (Wildman–Crippen MR) is 89.8 cm³/mol. The maximum absolute atomic E-state index is 12.7. The highest BCUT2D eigenvalue weighted by molar-refractivity contribution is 5.85. The first-order chi connectivity index (χ1) is 11.8. The Bertz CT molecular complexity index is 654. The summed E-state index contributed by atoms with van der Waals surface area (Å²) in [5, 5.41) is 0. The van der Waals surface area contributed by atoms with Crippen molar-refractivity contribution in [2.45, 2.75) is 38.3 Å². The van der Waals surface area contributed by atoms with Gasteiger partial charge in [0.15, 0.2) is 0 Å². The molecule has 2 aliphatic heterocycles. The molecule has 3 aliphatic rings. The van der Waals surface area contributed by atoms with Crippen LogP contribution in [0.4, 0.5) is 0 Å². The Kier molecular flexibility index (Phi) is 4.13. The van der Waals surface area contributed by atoms with Crippen molar-refractivity contribution in [3.8, 4) is 0 Å². The fourth-order valence-corrected chi connectivity index (χ4v) is 4.61. The van der Waals surface area contributed by atoms with Crippen molar-refractivity contribution in [2.75, 3.05) is 6.54 Å². The molecule has 4 rings (SSSR count). The van der Waals surface area contributed by atoms with Crippen molar-refractivity contribution >= 4 is 11.9 Å². The minimum atomic E-state index is -0.173. The van der Waals surface area contributed by atoms with Crippen LogP contribution in [0.1, 0.15) is 31.2 Å². The SMILES string of the molecule is O=C(OCc1ccccc1)[C@@H]1CCCN2C(=O)[C@@H]3CC=CC[C@@H]3[C@@H]12. The van der Waals surface area contributed by atoms with Crippen molar-refractivity contribution in [3.63, 3.8) is 0 Å².